The number of benzene rings is 1. The second-order valence-electron chi connectivity index (χ2n) is 5.86. The maximum atomic E-state index is 12.6. The van der Waals surface area contributed by atoms with Gasteiger partial charge in [-0.25, -0.2) is 0 Å². The Hall–Kier alpha value is -1.53. The van der Waals surface area contributed by atoms with Gasteiger partial charge in [0.25, 0.3) is 0 Å². The highest BCUT2D eigenvalue weighted by atomic mass is 32.2. The maximum Gasteiger partial charge on any atom is 0.235 e. The molecule has 2 amide bonds. The minimum absolute atomic E-state index is 0.0575. The molecular weight excluding hydrogens is 310 g/mol. The normalized spacial score (nSPS) is 17.5. The van der Waals surface area contributed by atoms with Gasteiger partial charge in [0.1, 0.15) is 0 Å². The van der Waals surface area contributed by atoms with Crippen LogP contribution in [0.1, 0.15) is 18.9 Å². The van der Waals surface area contributed by atoms with E-state index in [0.29, 0.717) is 13.1 Å². The molecule has 0 saturated carbocycles. The van der Waals surface area contributed by atoms with Gasteiger partial charge in [-0.2, -0.15) is 0 Å². The Labute approximate surface area is 142 Å². The minimum atomic E-state index is -0.309. The van der Waals surface area contributed by atoms with Crippen LogP contribution >= 0.6 is 11.8 Å². The Bertz CT molecular complexity index is 524. The molecule has 1 aromatic carbocycles. The van der Waals surface area contributed by atoms with Gasteiger partial charge in [-0.1, -0.05) is 30.3 Å². The third-order valence-corrected chi connectivity index (χ3v) is 5.17. The molecule has 1 aliphatic rings. The number of carbonyl (C=O) groups is 2. The number of carbonyl (C=O) groups excluding carboxylic acids is 2. The van der Waals surface area contributed by atoms with Gasteiger partial charge in [0, 0.05) is 31.9 Å². The molecule has 1 saturated heterocycles. The first-order chi connectivity index (χ1) is 11.1. The molecule has 126 valence electrons. The fourth-order valence-corrected chi connectivity index (χ4v) is 3.62. The second-order valence-corrected chi connectivity index (χ2v) is 7.19. The van der Waals surface area contributed by atoms with E-state index in [1.54, 1.807) is 11.8 Å². The van der Waals surface area contributed by atoms with Gasteiger partial charge in [0.15, 0.2) is 0 Å². The number of nitrogens with two attached hydrogens (primary N) is 1. The zero-order valence-electron chi connectivity index (χ0n) is 13.6. The maximum absolute atomic E-state index is 12.6. The van der Waals surface area contributed by atoms with Crippen LogP contribution in [0.15, 0.2) is 30.3 Å². The van der Waals surface area contributed by atoms with Crippen LogP contribution < -0.4 is 5.73 Å². The van der Waals surface area contributed by atoms with Crippen molar-refractivity contribution in [3.05, 3.63) is 35.9 Å². The van der Waals surface area contributed by atoms with Crippen LogP contribution in [0.3, 0.4) is 0 Å². The Morgan fingerprint density at radius 2 is 1.91 bits per heavy atom. The van der Waals surface area contributed by atoms with Crippen molar-refractivity contribution in [2.75, 3.05) is 32.7 Å². The van der Waals surface area contributed by atoms with Gasteiger partial charge in [-0.3, -0.25) is 14.5 Å². The Morgan fingerprint density at radius 1 is 1.17 bits per heavy atom. The molecule has 6 heteroatoms. The molecule has 23 heavy (non-hydrogen) atoms. The van der Waals surface area contributed by atoms with Crippen LogP contribution in [0.5, 0.6) is 0 Å². The number of primary amides is 1. The molecule has 5 nitrogen and oxygen atoms in total. The number of amides is 2. The third-order valence-electron chi connectivity index (χ3n) is 3.97. The van der Waals surface area contributed by atoms with E-state index in [1.807, 2.05) is 34.9 Å². The first-order valence-corrected chi connectivity index (χ1v) is 9.06. The standard InChI is InChI=1S/C17H25N3O2S/c1-14(23-13-15-6-3-2-4-7-15)17(22)20-9-5-8-19(10-11-20)12-16(18)21/h2-4,6-7,14H,5,8-13H2,1H3,(H2,18,21)/t14-/m1/s1. The first kappa shape index (κ1) is 17.8. The molecule has 1 aliphatic heterocycles. The Balaban J connectivity index is 1.81. The van der Waals surface area contributed by atoms with Crippen molar-refractivity contribution in [1.29, 1.82) is 0 Å². The summed E-state index contributed by atoms with van der Waals surface area (Å²) in [6.45, 7) is 5.21. The van der Waals surface area contributed by atoms with E-state index < -0.39 is 0 Å². The number of hydrogen-bond donors (Lipinski definition) is 1. The van der Waals surface area contributed by atoms with E-state index in [9.17, 15) is 9.59 Å². The summed E-state index contributed by atoms with van der Waals surface area (Å²) in [5, 5.41) is -0.0575. The number of nitrogens with zero attached hydrogens (tertiary/aromatic N) is 2. The topological polar surface area (TPSA) is 66.6 Å². The average molecular weight is 335 g/mol. The summed E-state index contributed by atoms with van der Waals surface area (Å²) < 4.78 is 0. The van der Waals surface area contributed by atoms with Crippen molar-refractivity contribution in [1.82, 2.24) is 9.80 Å². The van der Waals surface area contributed by atoms with Crippen molar-refractivity contribution in [2.45, 2.75) is 24.3 Å². The smallest absolute Gasteiger partial charge is 0.235 e. The molecule has 1 aromatic rings. The molecule has 0 unspecified atom stereocenters. The highest BCUT2D eigenvalue weighted by Crippen LogP contribution is 2.20. The monoisotopic (exact) mass is 335 g/mol. The molecule has 0 aliphatic carbocycles. The molecule has 0 aromatic heterocycles. The fourth-order valence-electron chi connectivity index (χ4n) is 2.69. The van der Waals surface area contributed by atoms with Crippen LogP contribution in [0.4, 0.5) is 0 Å². The van der Waals surface area contributed by atoms with Crippen LogP contribution in [0.2, 0.25) is 0 Å². The van der Waals surface area contributed by atoms with E-state index in [4.69, 9.17) is 5.73 Å². The van der Waals surface area contributed by atoms with Gasteiger partial charge in [-0.05, 0) is 18.9 Å². The van der Waals surface area contributed by atoms with Crippen molar-refractivity contribution in [3.63, 3.8) is 0 Å². The molecule has 2 rings (SSSR count). The van der Waals surface area contributed by atoms with Gasteiger partial charge in [0.2, 0.25) is 11.8 Å². The first-order valence-electron chi connectivity index (χ1n) is 8.01. The van der Waals surface area contributed by atoms with E-state index in [0.717, 1.165) is 25.3 Å². The summed E-state index contributed by atoms with van der Waals surface area (Å²) >= 11 is 1.67. The Morgan fingerprint density at radius 3 is 2.61 bits per heavy atom. The number of thioether (sulfide) groups is 1. The number of hydrogen-bond acceptors (Lipinski definition) is 4. The predicted molar refractivity (Wildman–Crippen MR) is 94.0 cm³/mol. The largest absolute Gasteiger partial charge is 0.369 e. The summed E-state index contributed by atoms with van der Waals surface area (Å²) in [5.41, 5.74) is 6.48. The second kappa shape index (κ2) is 8.93. The quantitative estimate of drug-likeness (QED) is 0.852. The van der Waals surface area contributed by atoms with Crippen LogP contribution in [0.25, 0.3) is 0 Å². The molecule has 0 spiro atoms. The lowest BCUT2D eigenvalue weighted by Crippen LogP contribution is -2.40. The predicted octanol–water partition coefficient (Wildman–Crippen LogP) is 1.33. The van der Waals surface area contributed by atoms with Crippen molar-refractivity contribution >= 4 is 23.6 Å². The van der Waals surface area contributed by atoms with E-state index in [2.05, 4.69) is 12.1 Å². The summed E-state index contributed by atoms with van der Waals surface area (Å²) in [7, 11) is 0. The number of rotatable bonds is 6. The van der Waals surface area contributed by atoms with Crippen LogP contribution in [-0.2, 0) is 15.3 Å². The molecule has 1 atom stereocenters. The summed E-state index contributed by atoms with van der Waals surface area (Å²) in [4.78, 5) is 27.6. The van der Waals surface area contributed by atoms with E-state index in [1.165, 1.54) is 5.56 Å². The lowest BCUT2D eigenvalue weighted by atomic mass is 10.2. The van der Waals surface area contributed by atoms with Crippen LogP contribution in [-0.4, -0.2) is 59.6 Å². The zero-order valence-corrected chi connectivity index (χ0v) is 14.4. The van der Waals surface area contributed by atoms with Gasteiger partial charge in [0.05, 0.1) is 11.8 Å². The van der Waals surface area contributed by atoms with E-state index >= 15 is 0 Å². The summed E-state index contributed by atoms with van der Waals surface area (Å²) in [5.74, 6) is 0.721. The third kappa shape index (κ3) is 5.88. The molecule has 1 fully saturated rings. The van der Waals surface area contributed by atoms with Gasteiger partial charge in [-0.15, -0.1) is 11.8 Å². The molecular formula is C17H25N3O2S. The lowest BCUT2D eigenvalue weighted by molar-refractivity contribution is -0.130. The SMILES string of the molecule is C[C@@H](SCc1ccccc1)C(=O)N1CCCN(CC(N)=O)CC1. The molecule has 0 radical (unpaired) electrons. The highest BCUT2D eigenvalue weighted by molar-refractivity contribution is 7.99. The van der Waals surface area contributed by atoms with E-state index in [-0.39, 0.29) is 23.6 Å². The average Bonchev–Trinajstić information content (AvgIpc) is 2.78. The van der Waals surface area contributed by atoms with Crippen molar-refractivity contribution in [3.8, 4) is 0 Å². The van der Waals surface area contributed by atoms with Gasteiger partial charge < -0.3 is 10.6 Å². The fraction of sp³-hybridized carbons (Fsp3) is 0.529. The highest BCUT2D eigenvalue weighted by Gasteiger charge is 2.24. The molecule has 2 N–H and O–H groups in total. The van der Waals surface area contributed by atoms with Crippen molar-refractivity contribution in [2.24, 2.45) is 5.73 Å². The molecule has 0 bridgehead atoms. The van der Waals surface area contributed by atoms with Gasteiger partial charge >= 0.3 is 0 Å². The zero-order chi connectivity index (χ0) is 16.7. The minimum Gasteiger partial charge on any atom is -0.369 e. The van der Waals surface area contributed by atoms with Crippen molar-refractivity contribution < 1.29 is 9.59 Å². The summed E-state index contributed by atoms with van der Waals surface area (Å²) in [6.07, 6.45) is 0.884. The Kier molecular flexibility index (Phi) is 6.92. The summed E-state index contributed by atoms with van der Waals surface area (Å²) in [6, 6.07) is 10.2. The van der Waals surface area contributed by atoms with Crippen LogP contribution in [0, 0.1) is 0 Å². The lowest BCUT2D eigenvalue weighted by Gasteiger charge is -2.24. The molecule has 1 heterocycles.